The molecule has 210 valence electrons. The number of aryl methyl sites for hydroxylation is 2. The zero-order chi connectivity index (χ0) is 28.8. The van der Waals surface area contributed by atoms with Crippen LogP contribution in [0.15, 0.2) is 67.3 Å². The summed E-state index contributed by atoms with van der Waals surface area (Å²) in [6.07, 6.45) is 6.07. The number of benzene rings is 2. The van der Waals surface area contributed by atoms with Crippen molar-refractivity contribution in [2.45, 2.75) is 24.5 Å². The first-order valence-electron chi connectivity index (χ1n) is 10.2. The first-order valence-corrected chi connectivity index (χ1v) is 13.1. The number of ether oxygens (including phenoxy) is 2. The first kappa shape index (κ1) is 30.9. The molecule has 0 radical (unpaired) electrons. The minimum atomic E-state index is -6.72. The number of hydrogen-bond donors (Lipinski definition) is 0. The summed E-state index contributed by atoms with van der Waals surface area (Å²) in [7, 11) is -11.4. The molecule has 0 atom stereocenters. The van der Waals surface area contributed by atoms with Gasteiger partial charge in [0.25, 0.3) is 0 Å². The molecular formula is C21H21F6N3O6S2. The van der Waals surface area contributed by atoms with Crippen molar-refractivity contribution in [2.24, 2.45) is 7.05 Å². The van der Waals surface area contributed by atoms with Gasteiger partial charge in [0.1, 0.15) is 42.8 Å². The van der Waals surface area contributed by atoms with Crippen molar-refractivity contribution in [1.29, 1.82) is 0 Å². The third kappa shape index (κ3) is 9.21. The molecule has 1 aromatic heterocycles. The zero-order valence-corrected chi connectivity index (χ0v) is 21.3. The highest BCUT2D eigenvalue weighted by Gasteiger charge is 2.46. The van der Waals surface area contributed by atoms with Crippen LogP contribution < -0.4 is 14.0 Å². The van der Waals surface area contributed by atoms with Gasteiger partial charge in [-0.1, -0.05) is 17.7 Å². The van der Waals surface area contributed by atoms with Crippen LogP contribution in [0.1, 0.15) is 5.56 Å². The Labute approximate surface area is 214 Å². The van der Waals surface area contributed by atoms with Gasteiger partial charge in [-0.2, -0.15) is 26.3 Å². The Balaban J connectivity index is 0.000000296. The van der Waals surface area contributed by atoms with Crippen LogP contribution in [0.25, 0.3) is 4.13 Å². The Morgan fingerprint density at radius 3 is 1.68 bits per heavy atom. The van der Waals surface area contributed by atoms with Crippen molar-refractivity contribution < 1.29 is 57.2 Å². The summed E-state index contributed by atoms with van der Waals surface area (Å²) < 4.78 is 125. The molecule has 17 heteroatoms. The fraction of sp³-hybridized carbons (Fsp3) is 0.286. The van der Waals surface area contributed by atoms with Gasteiger partial charge < -0.3 is 13.6 Å². The maximum absolute atomic E-state index is 11.4. The number of hydrogen-bond acceptors (Lipinski definition) is 6. The molecule has 0 unspecified atom stereocenters. The number of alkyl halides is 6. The molecular weight excluding hydrogens is 568 g/mol. The Kier molecular flexibility index (Phi) is 9.79. The minimum Gasteiger partial charge on any atom is -0.489 e. The lowest BCUT2D eigenvalue weighted by Crippen LogP contribution is -2.30. The molecule has 2 aromatic carbocycles. The molecule has 0 aliphatic heterocycles. The maximum atomic E-state index is 11.4. The van der Waals surface area contributed by atoms with Crippen molar-refractivity contribution >= 4 is 20.0 Å². The van der Waals surface area contributed by atoms with E-state index in [1.54, 1.807) is 0 Å². The van der Waals surface area contributed by atoms with Gasteiger partial charge in [0, 0.05) is 0 Å². The largest absolute Gasteiger partial charge is 0.489 e. The molecule has 0 fully saturated rings. The third-order valence-corrected chi connectivity index (χ3v) is 7.04. The molecule has 0 aliphatic carbocycles. The molecule has 0 amide bonds. The lowest BCUT2D eigenvalue weighted by atomic mass is 10.2. The normalized spacial score (nSPS) is 12.4. The number of sulfonamides is 2. The molecule has 0 bridgehead atoms. The van der Waals surface area contributed by atoms with Crippen LogP contribution >= 0.6 is 0 Å². The summed E-state index contributed by atoms with van der Waals surface area (Å²) in [4.78, 5) is 0. The molecule has 1 heterocycles. The topological polar surface area (TPSA) is 110 Å². The van der Waals surface area contributed by atoms with Crippen molar-refractivity contribution in [3.8, 4) is 17.2 Å². The summed E-state index contributed by atoms with van der Waals surface area (Å²) in [5.41, 5.74) is -11.2. The Morgan fingerprint density at radius 1 is 0.816 bits per heavy atom. The number of nitrogens with zero attached hydrogens (tertiary/aromatic N) is 3. The van der Waals surface area contributed by atoms with E-state index in [0.29, 0.717) is 6.61 Å². The average Bonchev–Trinajstić information content (AvgIpc) is 3.20. The number of rotatable bonds is 8. The first-order chi connectivity index (χ1) is 17.4. The van der Waals surface area contributed by atoms with Gasteiger partial charge in [-0.3, -0.25) is 0 Å². The van der Waals surface area contributed by atoms with Gasteiger partial charge in [-0.05, 0) is 43.3 Å². The van der Waals surface area contributed by atoms with Gasteiger partial charge in [0.2, 0.25) is 6.33 Å². The van der Waals surface area contributed by atoms with Crippen LogP contribution in [0.5, 0.6) is 17.2 Å². The van der Waals surface area contributed by atoms with E-state index in [0.717, 1.165) is 27.9 Å². The van der Waals surface area contributed by atoms with Crippen LogP contribution in [-0.2, 0) is 33.6 Å². The van der Waals surface area contributed by atoms with E-state index >= 15 is 0 Å². The summed E-state index contributed by atoms with van der Waals surface area (Å²) in [5, 5.41) is 0. The Hall–Kier alpha value is -3.31. The van der Waals surface area contributed by atoms with Gasteiger partial charge in [-0.15, -0.1) is 0 Å². The van der Waals surface area contributed by atoms with E-state index in [1.807, 2.05) is 78.9 Å². The molecule has 0 N–H and O–H groups in total. The van der Waals surface area contributed by atoms with Crippen molar-refractivity contribution in [1.82, 2.24) is 4.57 Å². The summed E-state index contributed by atoms with van der Waals surface area (Å²) in [5.74, 6) is 2.49. The van der Waals surface area contributed by atoms with Gasteiger partial charge in [0.15, 0.2) is 20.0 Å². The second-order valence-electron chi connectivity index (χ2n) is 7.47. The van der Waals surface area contributed by atoms with E-state index in [4.69, 9.17) is 9.47 Å². The monoisotopic (exact) mass is 589 g/mol. The van der Waals surface area contributed by atoms with Crippen LogP contribution in [0.2, 0.25) is 0 Å². The minimum absolute atomic E-state index is 0.632. The maximum Gasteiger partial charge on any atom is 0.480 e. The molecule has 9 nitrogen and oxygen atoms in total. The second-order valence-corrected chi connectivity index (χ2v) is 10.9. The molecule has 0 saturated heterocycles. The standard InChI is InChI=1S/C19H21N2O2.C2F6NO4S2/c1-16-3-5-18(6-4-16)23-19-9-7-17(8-10-19)22-14-13-21-12-11-20(2)15-21;3-1(4,5)14(10,11)9-15(12,13)2(6,7)8/h3-12,15H,13-14H2,1-2H3;/q+1;-1. The predicted molar refractivity (Wildman–Crippen MR) is 122 cm³/mol. The number of halogens is 6. The highest BCUT2D eigenvalue weighted by atomic mass is 32.3. The van der Waals surface area contributed by atoms with Gasteiger partial charge in [-0.25, -0.2) is 26.0 Å². The second kappa shape index (κ2) is 12.0. The van der Waals surface area contributed by atoms with Crippen molar-refractivity contribution in [3.63, 3.8) is 0 Å². The smallest absolute Gasteiger partial charge is 0.480 e. The quantitative estimate of drug-likeness (QED) is 0.282. The zero-order valence-electron chi connectivity index (χ0n) is 19.6. The number of imidazole rings is 1. The van der Waals surface area contributed by atoms with Crippen LogP contribution in [0, 0.1) is 6.92 Å². The Bertz CT molecular complexity index is 1360. The summed E-state index contributed by atoms with van der Waals surface area (Å²) >= 11 is 0. The average molecular weight is 590 g/mol. The highest BCUT2D eigenvalue weighted by molar-refractivity contribution is 8.13. The summed E-state index contributed by atoms with van der Waals surface area (Å²) in [6, 6.07) is 15.7. The Morgan fingerprint density at radius 2 is 1.26 bits per heavy atom. The van der Waals surface area contributed by atoms with E-state index in [9.17, 15) is 43.2 Å². The predicted octanol–water partition coefficient (Wildman–Crippen LogP) is 4.55. The van der Waals surface area contributed by atoms with Crippen LogP contribution in [0.4, 0.5) is 26.3 Å². The molecule has 0 saturated carbocycles. The van der Waals surface area contributed by atoms with Crippen LogP contribution in [0.3, 0.4) is 0 Å². The van der Waals surface area contributed by atoms with Gasteiger partial charge in [0.05, 0.1) is 7.05 Å². The van der Waals surface area contributed by atoms with E-state index < -0.39 is 31.1 Å². The van der Waals surface area contributed by atoms with E-state index in [-0.39, 0.29) is 0 Å². The fourth-order valence-corrected chi connectivity index (χ4v) is 4.17. The fourth-order valence-electron chi connectivity index (χ4n) is 2.46. The van der Waals surface area contributed by atoms with Crippen molar-refractivity contribution in [2.75, 3.05) is 6.61 Å². The lowest BCUT2D eigenvalue weighted by Gasteiger charge is -2.22. The summed E-state index contributed by atoms with van der Waals surface area (Å²) in [6.45, 7) is 3.51. The molecule has 3 rings (SSSR count). The molecule has 38 heavy (non-hydrogen) atoms. The third-order valence-electron chi connectivity index (χ3n) is 4.30. The molecule has 0 aliphatic rings. The van der Waals surface area contributed by atoms with Gasteiger partial charge >= 0.3 is 11.0 Å². The van der Waals surface area contributed by atoms with Crippen LogP contribution in [-0.4, -0.2) is 39.0 Å². The van der Waals surface area contributed by atoms with E-state index in [2.05, 4.69) is 11.5 Å². The molecule has 3 aromatic rings. The lowest BCUT2D eigenvalue weighted by molar-refractivity contribution is -0.671. The number of aromatic nitrogens is 2. The van der Waals surface area contributed by atoms with Crippen molar-refractivity contribution in [3.05, 3.63) is 76.9 Å². The SMILES string of the molecule is Cc1ccc(Oc2ccc(OCCn3cc[n+](C)c3)cc2)cc1.O=S(=O)([N-]S(=O)(=O)C(F)(F)F)C(F)(F)F. The highest BCUT2D eigenvalue weighted by Crippen LogP contribution is 2.36. The molecule has 0 spiro atoms. The van der Waals surface area contributed by atoms with E-state index in [1.165, 1.54) is 5.56 Å².